The molecule has 2 rings (SSSR count). The highest BCUT2D eigenvalue weighted by molar-refractivity contribution is 5.97. The lowest BCUT2D eigenvalue weighted by atomic mass is 9.76. The van der Waals surface area contributed by atoms with Gasteiger partial charge in [-0.2, -0.15) is 0 Å². The number of aliphatic hydroxyl groups excluding tert-OH is 2. The van der Waals surface area contributed by atoms with Gasteiger partial charge in [0.15, 0.2) is 12.1 Å². The monoisotopic (exact) mass is 612 g/mol. The second-order valence-corrected chi connectivity index (χ2v) is 12.9. The first kappa shape index (κ1) is 37.1. The summed E-state index contributed by atoms with van der Waals surface area (Å²) in [6.45, 7) is 11.4. The van der Waals surface area contributed by atoms with Gasteiger partial charge in [-0.15, -0.1) is 0 Å². The summed E-state index contributed by atoms with van der Waals surface area (Å²) in [6, 6.07) is -0.261. The number of carbonyl (C=O) groups is 2. The Morgan fingerprint density at radius 3 is 2.33 bits per heavy atom. The number of nitrogens with zero attached hydrogens (tertiary/aromatic N) is 4. The van der Waals surface area contributed by atoms with Crippen LogP contribution in [0.1, 0.15) is 67.7 Å². The molecule has 0 unspecified atom stereocenters. The summed E-state index contributed by atoms with van der Waals surface area (Å²) in [7, 11) is 5.18. The second kappa shape index (κ2) is 15.3. The van der Waals surface area contributed by atoms with Gasteiger partial charge < -0.3 is 39.2 Å². The molecule has 0 aromatic carbocycles. The summed E-state index contributed by atoms with van der Waals surface area (Å²) in [5.74, 6) is -3.68. The highest BCUT2D eigenvalue weighted by atomic mass is 16.7. The van der Waals surface area contributed by atoms with Crippen LogP contribution in [-0.2, 0) is 28.5 Å². The van der Waals surface area contributed by atoms with E-state index in [2.05, 4.69) is 10.0 Å². The van der Waals surface area contributed by atoms with Crippen LogP contribution >= 0.6 is 0 Å². The Morgan fingerprint density at radius 1 is 1.16 bits per heavy atom. The summed E-state index contributed by atoms with van der Waals surface area (Å²) < 4.78 is 24.3. The number of ketones is 1. The molecule has 2 heterocycles. The van der Waals surface area contributed by atoms with Crippen molar-refractivity contribution >= 4 is 11.8 Å². The molecule has 0 amide bonds. The van der Waals surface area contributed by atoms with Gasteiger partial charge in [0.1, 0.15) is 17.8 Å². The standard InChI is InChI=1S/C30H52N4O9/c1-11-22-29(6,39)14-20(15-32-33-31)23(35)16(2)13-30(7,40-10)26(18(4)24(36)19(5)27(38)42-22)43-28-25(37)21(34(8)9)12-17(3)41-28/h14,16-19,21-22,24-26,28,36-37,39H,11-13,15H2,1-10H3/t16-,17-,18+,19-,21+,22-,24+,25-,26-,28+,29+,30+/m1/s1. The molecule has 0 aliphatic carbocycles. The molecule has 13 nitrogen and oxygen atoms in total. The minimum atomic E-state index is -1.77. The SMILES string of the molecule is CC[C@H]1OC(=O)[C@H](C)[C@@H](O)[C@H](C)[C@@H](O[C@@H]2O[C@H](C)C[C@H](N(C)C)[C@H]2O)[C@@](C)(OC)C[C@@H](C)C(=O)C(CN=[N+]=[N-])=C[C@]1(C)O. The van der Waals surface area contributed by atoms with Gasteiger partial charge in [-0.25, -0.2) is 0 Å². The quantitative estimate of drug-likeness (QED) is 0.167. The van der Waals surface area contributed by atoms with Crippen molar-refractivity contribution in [3.63, 3.8) is 0 Å². The van der Waals surface area contributed by atoms with E-state index in [0.29, 0.717) is 6.42 Å². The molecule has 0 saturated carbocycles. The number of Topliss-reactive ketones (excluding diaryl/α,β-unsaturated/α-hetero) is 1. The molecule has 0 spiro atoms. The third-order valence-electron chi connectivity index (χ3n) is 9.05. The van der Waals surface area contributed by atoms with Gasteiger partial charge in [-0.05, 0) is 72.7 Å². The highest BCUT2D eigenvalue weighted by Gasteiger charge is 2.49. The molecule has 2 aliphatic rings. The number of rotatable bonds is 7. The molecule has 13 heteroatoms. The number of likely N-dealkylation sites (N-methyl/N-ethyl adjacent to an activating group) is 1. The van der Waals surface area contributed by atoms with Gasteiger partial charge in [0.05, 0.1) is 36.4 Å². The first-order valence-corrected chi connectivity index (χ1v) is 15.0. The number of carbonyl (C=O) groups excluding carboxylic acids is 2. The topological polar surface area (TPSA) is 184 Å². The fraction of sp³-hybridized carbons (Fsp3) is 0.867. The molecule has 0 aromatic heterocycles. The van der Waals surface area contributed by atoms with Crippen molar-refractivity contribution in [2.75, 3.05) is 27.7 Å². The summed E-state index contributed by atoms with van der Waals surface area (Å²) in [6.07, 6.45) is -3.51. The number of azide groups is 1. The van der Waals surface area contributed by atoms with E-state index in [9.17, 15) is 24.9 Å². The Morgan fingerprint density at radius 2 is 1.79 bits per heavy atom. The van der Waals surface area contributed by atoms with Crippen LogP contribution in [0.15, 0.2) is 16.8 Å². The number of esters is 1. The van der Waals surface area contributed by atoms with Gasteiger partial charge in [-0.3, -0.25) is 9.59 Å². The van der Waals surface area contributed by atoms with E-state index in [1.54, 1.807) is 27.7 Å². The zero-order valence-corrected chi connectivity index (χ0v) is 27.3. The van der Waals surface area contributed by atoms with E-state index in [-0.39, 0.29) is 37.1 Å². The van der Waals surface area contributed by atoms with Crippen LogP contribution in [0.4, 0.5) is 0 Å². The zero-order valence-electron chi connectivity index (χ0n) is 27.3. The molecule has 1 saturated heterocycles. The molecule has 0 radical (unpaired) electrons. The van der Waals surface area contributed by atoms with Crippen LogP contribution in [0.25, 0.3) is 10.4 Å². The molecule has 246 valence electrons. The molecule has 3 N–H and O–H groups in total. The fourth-order valence-electron chi connectivity index (χ4n) is 6.34. The van der Waals surface area contributed by atoms with E-state index in [1.807, 2.05) is 25.9 Å². The fourth-order valence-corrected chi connectivity index (χ4v) is 6.34. The van der Waals surface area contributed by atoms with Crippen LogP contribution in [0.5, 0.6) is 0 Å². The van der Waals surface area contributed by atoms with E-state index >= 15 is 0 Å². The average molecular weight is 613 g/mol. The third kappa shape index (κ3) is 8.76. The number of methoxy groups -OCH3 is 1. The van der Waals surface area contributed by atoms with Crippen molar-refractivity contribution in [1.82, 2.24) is 4.90 Å². The molecular formula is C30H52N4O9. The number of hydrogen-bond donors (Lipinski definition) is 3. The summed E-state index contributed by atoms with van der Waals surface area (Å²) in [4.78, 5) is 31.8. The van der Waals surface area contributed by atoms with Crippen LogP contribution in [-0.4, -0.2) is 114 Å². The largest absolute Gasteiger partial charge is 0.459 e. The lowest BCUT2D eigenvalue weighted by Crippen LogP contribution is -2.59. The van der Waals surface area contributed by atoms with Crippen molar-refractivity contribution in [2.24, 2.45) is 22.9 Å². The van der Waals surface area contributed by atoms with Crippen LogP contribution in [0.3, 0.4) is 0 Å². The van der Waals surface area contributed by atoms with E-state index in [1.165, 1.54) is 27.0 Å². The van der Waals surface area contributed by atoms with Gasteiger partial charge in [0.25, 0.3) is 0 Å². The lowest BCUT2D eigenvalue weighted by molar-refractivity contribution is -0.301. The predicted molar refractivity (Wildman–Crippen MR) is 159 cm³/mol. The summed E-state index contributed by atoms with van der Waals surface area (Å²) >= 11 is 0. The third-order valence-corrected chi connectivity index (χ3v) is 9.05. The lowest BCUT2D eigenvalue weighted by Gasteiger charge is -2.47. The number of aliphatic hydroxyl groups is 3. The van der Waals surface area contributed by atoms with Crippen LogP contribution < -0.4 is 0 Å². The van der Waals surface area contributed by atoms with Crippen molar-refractivity contribution < 1.29 is 43.9 Å². The minimum absolute atomic E-state index is 0.0626. The van der Waals surface area contributed by atoms with Gasteiger partial charge in [0, 0.05) is 35.5 Å². The Labute approximate surface area is 255 Å². The van der Waals surface area contributed by atoms with E-state index in [4.69, 9.17) is 24.5 Å². The number of ether oxygens (including phenoxy) is 4. The minimum Gasteiger partial charge on any atom is -0.459 e. The van der Waals surface area contributed by atoms with Crippen molar-refractivity contribution in [3.05, 3.63) is 22.1 Å². The molecule has 12 atom stereocenters. The van der Waals surface area contributed by atoms with E-state index < -0.39 is 71.4 Å². The maximum Gasteiger partial charge on any atom is 0.311 e. The Kier molecular flexibility index (Phi) is 13.2. The molecule has 0 aromatic rings. The molecule has 0 bridgehead atoms. The first-order chi connectivity index (χ1) is 19.9. The molecule has 2 aliphatic heterocycles. The number of hydrogen-bond acceptors (Lipinski definition) is 11. The zero-order chi connectivity index (χ0) is 32.9. The highest BCUT2D eigenvalue weighted by Crippen LogP contribution is 2.38. The second-order valence-electron chi connectivity index (χ2n) is 12.9. The van der Waals surface area contributed by atoms with Crippen molar-refractivity contribution in [3.8, 4) is 0 Å². The maximum atomic E-state index is 13.8. The predicted octanol–water partition coefficient (Wildman–Crippen LogP) is 2.75. The van der Waals surface area contributed by atoms with Crippen LogP contribution in [0.2, 0.25) is 0 Å². The van der Waals surface area contributed by atoms with Crippen molar-refractivity contribution in [2.45, 2.75) is 122 Å². The smallest absolute Gasteiger partial charge is 0.311 e. The summed E-state index contributed by atoms with van der Waals surface area (Å²) in [5, 5.41) is 37.7. The van der Waals surface area contributed by atoms with Gasteiger partial charge >= 0.3 is 5.97 Å². The first-order valence-electron chi connectivity index (χ1n) is 15.0. The van der Waals surface area contributed by atoms with Gasteiger partial charge in [0.2, 0.25) is 0 Å². The Hall–Kier alpha value is -2.09. The molecule has 43 heavy (non-hydrogen) atoms. The van der Waals surface area contributed by atoms with Crippen molar-refractivity contribution in [1.29, 1.82) is 0 Å². The maximum absolute atomic E-state index is 13.8. The summed E-state index contributed by atoms with van der Waals surface area (Å²) in [5.41, 5.74) is 6.02. The van der Waals surface area contributed by atoms with E-state index in [0.717, 1.165) is 0 Å². The normalized spacial score (nSPS) is 42.0. The van der Waals surface area contributed by atoms with Crippen LogP contribution in [0, 0.1) is 17.8 Å². The Bertz CT molecular complexity index is 1050. The van der Waals surface area contributed by atoms with Gasteiger partial charge in [-0.1, -0.05) is 25.9 Å². The average Bonchev–Trinajstić information content (AvgIpc) is 2.95. The Balaban J connectivity index is 2.68. The molecular weight excluding hydrogens is 560 g/mol. The molecule has 1 fully saturated rings. The number of cyclic esters (lactones) is 1.